The average molecular weight is 183 g/mol. The van der Waals surface area contributed by atoms with Crippen molar-refractivity contribution in [1.29, 1.82) is 0 Å². The van der Waals surface area contributed by atoms with E-state index in [0.717, 1.165) is 12.4 Å². The van der Waals surface area contributed by atoms with Crippen molar-refractivity contribution in [3.8, 4) is 0 Å². The van der Waals surface area contributed by atoms with Crippen LogP contribution in [0.4, 0.5) is 0 Å². The van der Waals surface area contributed by atoms with Crippen LogP contribution < -0.4 is 5.32 Å². The zero-order chi connectivity index (χ0) is 7.68. The highest BCUT2D eigenvalue weighted by molar-refractivity contribution is 6.02. The third-order valence-corrected chi connectivity index (χ3v) is 1.94. The number of fused-ring (bicyclic) bond motifs is 1. The van der Waals surface area contributed by atoms with Gasteiger partial charge in [0.1, 0.15) is 5.84 Å². The molecule has 0 bridgehead atoms. The van der Waals surface area contributed by atoms with E-state index in [4.69, 9.17) is 0 Å². The van der Waals surface area contributed by atoms with E-state index < -0.39 is 0 Å². The minimum absolute atomic E-state index is 0. The molecule has 12 heavy (non-hydrogen) atoms. The molecule has 1 aliphatic heterocycles. The Bertz CT molecular complexity index is 307. The molecule has 1 aromatic carbocycles. The highest BCUT2D eigenvalue weighted by Crippen LogP contribution is 2.14. The predicted molar refractivity (Wildman–Crippen MR) is 53.0 cm³/mol. The first-order chi connectivity index (χ1) is 5.42. The van der Waals surface area contributed by atoms with Gasteiger partial charge in [-0.15, -0.1) is 12.4 Å². The smallest absolute Gasteiger partial charge is 0.128 e. The van der Waals surface area contributed by atoms with Gasteiger partial charge in [0, 0.05) is 19.2 Å². The molecule has 1 N–H and O–H groups in total. The van der Waals surface area contributed by atoms with Crippen molar-refractivity contribution in [1.82, 2.24) is 5.32 Å². The molecule has 2 rings (SSSR count). The molecular formula is C9H11ClN2. The fourth-order valence-corrected chi connectivity index (χ4v) is 1.38. The Morgan fingerprint density at radius 3 is 2.83 bits per heavy atom. The molecule has 64 valence electrons. The van der Waals surface area contributed by atoms with Crippen molar-refractivity contribution in [2.45, 2.75) is 6.54 Å². The van der Waals surface area contributed by atoms with Gasteiger partial charge in [-0.1, -0.05) is 24.3 Å². The number of halogens is 1. The standard InChI is InChI=1S/C9H10N2.ClH/c1-10-9-8-5-3-2-4-7(8)6-11-9;/h2-5H,6H2,1H3,(H,10,11);1H. The number of hydrogen-bond donors (Lipinski definition) is 1. The Morgan fingerprint density at radius 1 is 1.33 bits per heavy atom. The summed E-state index contributed by atoms with van der Waals surface area (Å²) in [5, 5.41) is 3.22. The molecule has 1 aliphatic rings. The summed E-state index contributed by atoms with van der Waals surface area (Å²) < 4.78 is 0. The van der Waals surface area contributed by atoms with E-state index in [9.17, 15) is 0 Å². The summed E-state index contributed by atoms with van der Waals surface area (Å²) in [5.41, 5.74) is 2.59. The summed E-state index contributed by atoms with van der Waals surface area (Å²) in [6.07, 6.45) is 0. The molecule has 0 aliphatic carbocycles. The molecular weight excluding hydrogens is 172 g/mol. The summed E-state index contributed by atoms with van der Waals surface area (Å²) in [6, 6.07) is 8.31. The van der Waals surface area contributed by atoms with Gasteiger partial charge in [-0.3, -0.25) is 4.99 Å². The molecule has 1 aromatic rings. The Labute approximate surface area is 78.1 Å². The van der Waals surface area contributed by atoms with Crippen LogP contribution >= 0.6 is 12.4 Å². The quantitative estimate of drug-likeness (QED) is 0.648. The third kappa shape index (κ3) is 1.30. The minimum Gasteiger partial charge on any atom is -0.366 e. The maximum Gasteiger partial charge on any atom is 0.128 e. The Morgan fingerprint density at radius 2 is 2.08 bits per heavy atom. The van der Waals surface area contributed by atoms with Gasteiger partial charge in [-0.2, -0.15) is 0 Å². The Balaban J connectivity index is 0.000000720. The molecule has 0 aromatic heterocycles. The van der Waals surface area contributed by atoms with Gasteiger partial charge in [-0.05, 0) is 5.56 Å². The lowest BCUT2D eigenvalue weighted by molar-refractivity contribution is 0.960. The molecule has 0 saturated carbocycles. The van der Waals surface area contributed by atoms with Crippen molar-refractivity contribution in [2.75, 3.05) is 7.05 Å². The van der Waals surface area contributed by atoms with Gasteiger partial charge < -0.3 is 5.32 Å². The summed E-state index contributed by atoms with van der Waals surface area (Å²) >= 11 is 0. The van der Waals surface area contributed by atoms with Gasteiger partial charge in [0.25, 0.3) is 0 Å². The highest BCUT2D eigenvalue weighted by Gasteiger charge is 2.13. The zero-order valence-corrected chi connectivity index (χ0v) is 7.69. The molecule has 0 unspecified atom stereocenters. The van der Waals surface area contributed by atoms with Crippen LogP contribution in [0, 0.1) is 0 Å². The van der Waals surface area contributed by atoms with Crippen LogP contribution in [0.25, 0.3) is 0 Å². The number of amidine groups is 1. The van der Waals surface area contributed by atoms with E-state index in [-0.39, 0.29) is 12.4 Å². The van der Waals surface area contributed by atoms with E-state index in [0.29, 0.717) is 0 Å². The van der Waals surface area contributed by atoms with Crippen LogP contribution in [0.1, 0.15) is 11.1 Å². The van der Waals surface area contributed by atoms with Crippen LogP contribution in [0.5, 0.6) is 0 Å². The number of benzene rings is 1. The summed E-state index contributed by atoms with van der Waals surface area (Å²) in [5.74, 6) is 1.01. The van der Waals surface area contributed by atoms with E-state index >= 15 is 0 Å². The number of nitrogens with zero attached hydrogens (tertiary/aromatic N) is 1. The van der Waals surface area contributed by atoms with Gasteiger partial charge in [0.15, 0.2) is 0 Å². The fraction of sp³-hybridized carbons (Fsp3) is 0.222. The number of aliphatic imine (C=N–C) groups is 1. The lowest BCUT2D eigenvalue weighted by Crippen LogP contribution is -2.14. The number of hydrogen-bond acceptors (Lipinski definition) is 1. The second kappa shape index (κ2) is 3.59. The minimum atomic E-state index is 0. The SMILES string of the molecule is CN=C1NCc2ccccc21.Cl. The van der Waals surface area contributed by atoms with Crippen LogP contribution in [-0.2, 0) is 6.54 Å². The first-order valence-electron chi connectivity index (χ1n) is 3.71. The van der Waals surface area contributed by atoms with E-state index in [1.807, 2.05) is 13.1 Å². The van der Waals surface area contributed by atoms with Gasteiger partial charge in [0.2, 0.25) is 0 Å². The summed E-state index contributed by atoms with van der Waals surface area (Å²) in [7, 11) is 1.81. The largest absolute Gasteiger partial charge is 0.366 e. The second-order valence-corrected chi connectivity index (χ2v) is 2.58. The first-order valence-corrected chi connectivity index (χ1v) is 3.71. The van der Waals surface area contributed by atoms with Gasteiger partial charge in [-0.25, -0.2) is 0 Å². The maximum atomic E-state index is 4.13. The van der Waals surface area contributed by atoms with Crippen molar-refractivity contribution in [2.24, 2.45) is 4.99 Å². The number of nitrogens with one attached hydrogen (secondary N) is 1. The van der Waals surface area contributed by atoms with E-state index in [1.165, 1.54) is 11.1 Å². The molecule has 0 saturated heterocycles. The van der Waals surface area contributed by atoms with E-state index in [1.54, 1.807) is 0 Å². The van der Waals surface area contributed by atoms with Gasteiger partial charge >= 0.3 is 0 Å². The Hall–Kier alpha value is -1.02. The summed E-state index contributed by atoms with van der Waals surface area (Å²) in [6.45, 7) is 0.919. The summed E-state index contributed by atoms with van der Waals surface area (Å²) in [4.78, 5) is 4.13. The molecule has 2 nitrogen and oxygen atoms in total. The molecule has 0 atom stereocenters. The second-order valence-electron chi connectivity index (χ2n) is 2.58. The van der Waals surface area contributed by atoms with E-state index in [2.05, 4.69) is 28.5 Å². The lowest BCUT2D eigenvalue weighted by Gasteiger charge is -1.95. The lowest BCUT2D eigenvalue weighted by atomic mass is 10.1. The average Bonchev–Trinajstić information content (AvgIpc) is 2.47. The normalized spacial score (nSPS) is 16.6. The zero-order valence-electron chi connectivity index (χ0n) is 6.87. The van der Waals surface area contributed by atoms with Crippen LogP contribution in [0.3, 0.4) is 0 Å². The highest BCUT2D eigenvalue weighted by atomic mass is 35.5. The van der Waals surface area contributed by atoms with Crippen LogP contribution in [0.15, 0.2) is 29.3 Å². The first kappa shape index (κ1) is 9.07. The topological polar surface area (TPSA) is 24.4 Å². The third-order valence-electron chi connectivity index (χ3n) is 1.94. The molecule has 1 heterocycles. The Kier molecular flexibility index (Phi) is 2.71. The monoisotopic (exact) mass is 182 g/mol. The fourth-order valence-electron chi connectivity index (χ4n) is 1.38. The van der Waals surface area contributed by atoms with Crippen LogP contribution in [-0.4, -0.2) is 12.9 Å². The van der Waals surface area contributed by atoms with Crippen LogP contribution in [0.2, 0.25) is 0 Å². The molecule has 0 amide bonds. The predicted octanol–water partition coefficient (Wildman–Crippen LogP) is 1.59. The van der Waals surface area contributed by atoms with Crippen molar-refractivity contribution < 1.29 is 0 Å². The van der Waals surface area contributed by atoms with Crippen molar-refractivity contribution in [3.05, 3.63) is 35.4 Å². The number of rotatable bonds is 0. The molecule has 0 fully saturated rings. The van der Waals surface area contributed by atoms with Crippen molar-refractivity contribution >= 4 is 18.2 Å². The maximum absolute atomic E-state index is 4.13. The molecule has 0 radical (unpaired) electrons. The van der Waals surface area contributed by atoms with Crippen molar-refractivity contribution in [3.63, 3.8) is 0 Å². The molecule has 0 spiro atoms. The van der Waals surface area contributed by atoms with Gasteiger partial charge in [0.05, 0.1) is 0 Å². The molecule has 3 heteroatoms.